The van der Waals surface area contributed by atoms with Crippen molar-refractivity contribution in [1.82, 2.24) is 9.80 Å². The van der Waals surface area contributed by atoms with Crippen molar-refractivity contribution in [3.63, 3.8) is 0 Å². The van der Waals surface area contributed by atoms with Gasteiger partial charge in [-0.1, -0.05) is 0 Å². The Morgan fingerprint density at radius 3 is 2.72 bits per heavy atom. The summed E-state index contributed by atoms with van der Waals surface area (Å²) in [5, 5.41) is 2.02. The van der Waals surface area contributed by atoms with E-state index in [-0.39, 0.29) is 48.6 Å². The summed E-state index contributed by atoms with van der Waals surface area (Å²) >= 11 is 1.67. The molecule has 0 spiro atoms. The summed E-state index contributed by atoms with van der Waals surface area (Å²) in [7, 11) is 0. The zero-order valence-corrected chi connectivity index (χ0v) is 18.8. The molecule has 4 rings (SSSR count). The molecular weight excluding hydrogens is 431 g/mol. The lowest BCUT2D eigenvalue weighted by Crippen LogP contribution is -2.49. The third-order valence-electron chi connectivity index (χ3n) is 5.56. The molecule has 0 fully saturated rings. The van der Waals surface area contributed by atoms with Gasteiger partial charge < -0.3 is 19.0 Å². The van der Waals surface area contributed by atoms with Crippen molar-refractivity contribution in [2.24, 2.45) is 0 Å². The highest BCUT2D eigenvalue weighted by atomic mass is 32.1. The average molecular weight is 457 g/mol. The first-order valence-corrected chi connectivity index (χ1v) is 11.4. The van der Waals surface area contributed by atoms with Gasteiger partial charge in [0.15, 0.2) is 5.76 Å². The van der Waals surface area contributed by atoms with Crippen LogP contribution in [-0.2, 0) is 11.2 Å². The van der Waals surface area contributed by atoms with Gasteiger partial charge in [0.05, 0.1) is 12.3 Å². The summed E-state index contributed by atoms with van der Waals surface area (Å²) in [4.78, 5) is 30.8. The molecule has 6 nitrogen and oxygen atoms in total. The molecule has 0 saturated carbocycles. The molecule has 3 heterocycles. The van der Waals surface area contributed by atoms with Gasteiger partial charge in [-0.25, -0.2) is 4.39 Å². The van der Waals surface area contributed by atoms with E-state index in [1.165, 1.54) is 28.2 Å². The van der Waals surface area contributed by atoms with Crippen LogP contribution in [-0.4, -0.2) is 47.4 Å². The largest absolute Gasteiger partial charge is 0.491 e. The first kappa shape index (κ1) is 22.1. The minimum absolute atomic E-state index is 0.0519. The zero-order chi connectivity index (χ0) is 22.7. The summed E-state index contributed by atoms with van der Waals surface area (Å²) < 4.78 is 24.4. The van der Waals surface area contributed by atoms with Gasteiger partial charge in [0.1, 0.15) is 24.7 Å². The molecule has 168 valence electrons. The Morgan fingerprint density at radius 1 is 1.25 bits per heavy atom. The monoisotopic (exact) mass is 456 g/mol. The number of nitrogens with zero attached hydrogens (tertiary/aromatic N) is 2. The number of benzene rings is 1. The van der Waals surface area contributed by atoms with Gasteiger partial charge in [-0.05, 0) is 73.7 Å². The lowest BCUT2D eigenvalue weighted by molar-refractivity contribution is -0.136. The van der Waals surface area contributed by atoms with Crippen LogP contribution in [0.25, 0.3) is 0 Å². The van der Waals surface area contributed by atoms with Gasteiger partial charge in [0.2, 0.25) is 5.91 Å². The van der Waals surface area contributed by atoms with E-state index in [9.17, 15) is 14.0 Å². The molecule has 8 heteroatoms. The molecule has 32 heavy (non-hydrogen) atoms. The fraction of sp³-hybridized carbons (Fsp3) is 0.333. The molecule has 2 aromatic heterocycles. The Balaban J connectivity index is 1.52. The number of fused-ring (bicyclic) bond motifs is 1. The Bertz CT molecular complexity index is 1060. The first-order chi connectivity index (χ1) is 15.4. The fourth-order valence-corrected chi connectivity index (χ4v) is 4.78. The molecule has 0 N–H and O–H groups in total. The maximum absolute atomic E-state index is 13.4. The van der Waals surface area contributed by atoms with Crippen molar-refractivity contribution in [1.29, 1.82) is 0 Å². The molecule has 1 aliphatic heterocycles. The average Bonchev–Trinajstić information content (AvgIpc) is 3.48. The fourth-order valence-electron chi connectivity index (χ4n) is 3.85. The molecular formula is C24H25FN2O4S. The smallest absolute Gasteiger partial charge is 0.290 e. The molecule has 3 aromatic rings. The molecule has 0 unspecified atom stereocenters. The Kier molecular flexibility index (Phi) is 6.60. The lowest BCUT2D eigenvalue weighted by Gasteiger charge is -2.37. The third kappa shape index (κ3) is 4.70. The van der Waals surface area contributed by atoms with Crippen LogP contribution in [0.1, 0.15) is 40.9 Å². The summed E-state index contributed by atoms with van der Waals surface area (Å²) in [6, 6.07) is 10.6. The van der Waals surface area contributed by atoms with Crippen LogP contribution in [0, 0.1) is 5.82 Å². The minimum atomic E-state index is -0.332. The maximum atomic E-state index is 13.4. The number of ether oxygens (including phenoxy) is 1. The minimum Gasteiger partial charge on any atom is -0.491 e. The number of carbonyl (C=O) groups excluding carboxylic acids is 2. The van der Waals surface area contributed by atoms with Crippen LogP contribution < -0.4 is 4.74 Å². The highest BCUT2D eigenvalue weighted by Crippen LogP contribution is 2.34. The van der Waals surface area contributed by atoms with Gasteiger partial charge in [-0.3, -0.25) is 9.59 Å². The summed E-state index contributed by atoms with van der Waals surface area (Å²) in [6.07, 6.45) is 2.21. The number of hydrogen-bond donors (Lipinski definition) is 0. The number of carbonyl (C=O) groups is 2. The van der Waals surface area contributed by atoms with E-state index in [1.807, 2.05) is 25.3 Å². The normalized spacial score (nSPS) is 15.5. The summed E-state index contributed by atoms with van der Waals surface area (Å²) in [5.41, 5.74) is 1.06. The number of rotatable bonds is 7. The zero-order valence-electron chi connectivity index (χ0n) is 18.0. The van der Waals surface area contributed by atoms with Crippen molar-refractivity contribution in [3.8, 4) is 5.75 Å². The quantitative estimate of drug-likeness (QED) is 0.524. The standard InChI is InChI=1S/C24H25FN2O4S/c1-16(2)27(24(29)21-4-3-12-30-21)14-23(28)26-11-9-22-19(10-13-32-22)20(26)15-31-18-7-5-17(25)6-8-18/h3-8,10,12-13,16,20H,9,11,14-15H2,1-2H3/t20-/m1/s1. The number of halogens is 1. The van der Waals surface area contributed by atoms with Gasteiger partial charge in [0, 0.05) is 17.5 Å². The Labute approximate surface area is 190 Å². The second-order valence-corrected chi connectivity index (χ2v) is 8.92. The summed E-state index contributed by atoms with van der Waals surface area (Å²) in [6.45, 7) is 4.48. The number of furan rings is 1. The van der Waals surface area contributed by atoms with E-state index in [4.69, 9.17) is 9.15 Å². The predicted molar refractivity (Wildman–Crippen MR) is 119 cm³/mol. The molecule has 0 aliphatic carbocycles. The van der Waals surface area contributed by atoms with E-state index in [0.29, 0.717) is 12.3 Å². The SMILES string of the molecule is CC(C)N(CC(=O)N1CCc2sccc2[C@H]1COc1ccc(F)cc1)C(=O)c1ccco1. The van der Waals surface area contributed by atoms with Crippen LogP contribution in [0.3, 0.4) is 0 Å². The first-order valence-electron chi connectivity index (χ1n) is 10.5. The molecule has 0 saturated heterocycles. The van der Waals surface area contributed by atoms with E-state index >= 15 is 0 Å². The van der Waals surface area contributed by atoms with Gasteiger partial charge in [-0.15, -0.1) is 11.3 Å². The van der Waals surface area contributed by atoms with Crippen LogP contribution in [0.15, 0.2) is 58.5 Å². The number of thiophene rings is 1. The molecule has 2 amide bonds. The van der Waals surface area contributed by atoms with E-state index in [0.717, 1.165) is 12.0 Å². The molecule has 0 radical (unpaired) electrons. The highest BCUT2D eigenvalue weighted by Gasteiger charge is 2.34. The van der Waals surface area contributed by atoms with Crippen LogP contribution >= 0.6 is 11.3 Å². The number of amides is 2. The predicted octanol–water partition coefficient (Wildman–Crippen LogP) is 4.54. The van der Waals surface area contributed by atoms with E-state index in [1.54, 1.807) is 40.5 Å². The Morgan fingerprint density at radius 2 is 2.03 bits per heavy atom. The molecule has 0 bridgehead atoms. The second-order valence-electron chi connectivity index (χ2n) is 7.92. The van der Waals surface area contributed by atoms with Crippen LogP contribution in [0.2, 0.25) is 0 Å². The molecule has 1 atom stereocenters. The molecule has 1 aromatic carbocycles. The van der Waals surface area contributed by atoms with Gasteiger partial charge in [0.25, 0.3) is 5.91 Å². The third-order valence-corrected chi connectivity index (χ3v) is 6.56. The molecule has 1 aliphatic rings. The van der Waals surface area contributed by atoms with Gasteiger partial charge in [-0.2, -0.15) is 0 Å². The van der Waals surface area contributed by atoms with Crippen molar-refractivity contribution in [3.05, 3.63) is 76.1 Å². The van der Waals surface area contributed by atoms with E-state index in [2.05, 4.69) is 0 Å². The lowest BCUT2D eigenvalue weighted by atomic mass is 10.00. The van der Waals surface area contributed by atoms with Crippen molar-refractivity contribution in [2.45, 2.75) is 32.4 Å². The summed E-state index contributed by atoms with van der Waals surface area (Å²) in [5.74, 6) is -0.0461. The topological polar surface area (TPSA) is 63.0 Å². The van der Waals surface area contributed by atoms with E-state index < -0.39 is 0 Å². The van der Waals surface area contributed by atoms with Crippen LogP contribution in [0.5, 0.6) is 5.75 Å². The number of hydrogen-bond acceptors (Lipinski definition) is 5. The van der Waals surface area contributed by atoms with Crippen LogP contribution in [0.4, 0.5) is 4.39 Å². The van der Waals surface area contributed by atoms with Crippen molar-refractivity contribution >= 4 is 23.2 Å². The van der Waals surface area contributed by atoms with Crippen molar-refractivity contribution in [2.75, 3.05) is 19.7 Å². The van der Waals surface area contributed by atoms with Gasteiger partial charge >= 0.3 is 0 Å². The second kappa shape index (κ2) is 9.56. The Hall–Kier alpha value is -3.13. The maximum Gasteiger partial charge on any atom is 0.290 e. The highest BCUT2D eigenvalue weighted by molar-refractivity contribution is 7.10. The van der Waals surface area contributed by atoms with Crippen molar-refractivity contribution < 1.29 is 23.1 Å².